The van der Waals surface area contributed by atoms with Crippen LogP contribution in [0.15, 0.2) is 12.1 Å². The van der Waals surface area contributed by atoms with Crippen LogP contribution in [0.25, 0.3) is 0 Å². The van der Waals surface area contributed by atoms with Crippen molar-refractivity contribution in [2.45, 2.75) is 19.3 Å². The molecule has 0 spiro atoms. The first-order chi connectivity index (χ1) is 9.93. The SMILES string of the molecule is C[N+]1(CCOC(=O)c2c(I)ccc(I)c2I)CCCCC1. The fourth-order valence-corrected chi connectivity index (χ4v) is 4.97. The molecular weight excluding hydrogens is 607 g/mol. The van der Waals surface area contributed by atoms with Crippen molar-refractivity contribution >= 4 is 73.7 Å². The molecule has 0 N–H and O–H groups in total. The first-order valence-electron chi connectivity index (χ1n) is 7.07. The number of hydrogen-bond acceptors (Lipinski definition) is 2. The number of hydrogen-bond donors (Lipinski definition) is 0. The number of piperidine rings is 1. The van der Waals surface area contributed by atoms with Gasteiger partial charge >= 0.3 is 5.97 Å². The summed E-state index contributed by atoms with van der Waals surface area (Å²) in [5.41, 5.74) is 0.712. The lowest BCUT2D eigenvalue weighted by molar-refractivity contribution is -0.914. The third-order valence-corrected chi connectivity index (χ3v) is 7.96. The van der Waals surface area contributed by atoms with Crippen molar-refractivity contribution in [2.75, 3.05) is 33.3 Å². The van der Waals surface area contributed by atoms with Gasteiger partial charge in [-0.1, -0.05) is 0 Å². The number of esters is 1. The number of likely N-dealkylation sites (tertiary alicyclic amines) is 1. The van der Waals surface area contributed by atoms with Crippen LogP contribution in [0.1, 0.15) is 29.6 Å². The third-order valence-electron chi connectivity index (χ3n) is 4.01. The second kappa shape index (κ2) is 8.09. The number of rotatable bonds is 4. The van der Waals surface area contributed by atoms with Gasteiger partial charge in [-0.3, -0.25) is 0 Å². The molecule has 0 saturated carbocycles. The van der Waals surface area contributed by atoms with Gasteiger partial charge in [0.1, 0.15) is 13.2 Å². The molecular formula is C15H19I3NO2+. The molecule has 3 nitrogen and oxygen atoms in total. The molecule has 6 heteroatoms. The quantitative estimate of drug-likeness (QED) is 0.216. The molecule has 1 heterocycles. The molecule has 21 heavy (non-hydrogen) atoms. The summed E-state index contributed by atoms with van der Waals surface area (Å²) in [4.78, 5) is 12.3. The number of quaternary nitrogens is 1. The molecule has 0 radical (unpaired) electrons. The molecule has 1 saturated heterocycles. The van der Waals surface area contributed by atoms with E-state index < -0.39 is 0 Å². The van der Waals surface area contributed by atoms with Crippen molar-refractivity contribution in [3.05, 3.63) is 28.4 Å². The van der Waals surface area contributed by atoms with Crippen LogP contribution in [0.5, 0.6) is 0 Å². The van der Waals surface area contributed by atoms with Crippen molar-refractivity contribution in [1.29, 1.82) is 0 Å². The van der Waals surface area contributed by atoms with Gasteiger partial charge < -0.3 is 9.22 Å². The normalized spacial score (nSPS) is 17.5. The van der Waals surface area contributed by atoms with Crippen molar-refractivity contribution in [3.63, 3.8) is 0 Å². The summed E-state index contributed by atoms with van der Waals surface area (Å²) in [5.74, 6) is -0.189. The second-order valence-corrected chi connectivity index (χ2v) is 9.11. The van der Waals surface area contributed by atoms with Crippen LogP contribution >= 0.6 is 67.8 Å². The lowest BCUT2D eigenvalue weighted by atomic mass is 10.1. The Morgan fingerprint density at radius 3 is 2.43 bits per heavy atom. The van der Waals surface area contributed by atoms with E-state index >= 15 is 0 Å². The minimum Gasteiger partial charge on any atom is -0.456 e. The summed E-state index contributed by atoms with van der Waals surface area (Å²) in [6, 6.07) is 4.00. The zero-order valence-electron chi connectivity index (χ0n) is 12.0. The maximum absolute atomic E-state index is 12.3. The monoisotopic (exact) mass is 626 g/mol. The minimum absolute atomic E-state index is 0.189. The Kier molecular flexibility index (Phi) is 7.01. The largest absolute Gasteiger partial charge is 0.456 e. The summed E-state index contributed by atoms with van der Waals surface area (Å²) in [6.45, 7) is 3.83. The van der Waals surface area contributed by atoms with Crippen molar-refractivity contribution < 1.29 is 14.0 Å². The fraction of sp³-hybridized carbons (Fsp3) is 0.533. The van der Waals surface area contributed by atoms with Gasteiger partial charge in [-0.05, 0) is 99.2 Å². The number of benzene rings is 1. The van der Waals surface area contributed by atoms with Gasteiger partial charge in [0.05, 0.1) is 25.7 Å². The predicted molar refractivity (Wildman–Crippen MR) is 110 cm³/mol. The molecule has 0 atom stereocenters. The van der Waals surface area contributed by atoms with Crippen LogP contribution in [-0.2, 0) is 4.74 Å². The van der Waals surface area contributed by atoms with E-state index in [1.165, 1.54) is 32.4 Å². The van der Waals surface area contributed by atoms with Crippen molar-refractivity contribution in [1.82, 2.24) is 0 Å². The van der Waals surface area contributed by atoms with Gasteiger partial charge in [-0.25, -0.2) is 4.79 Å². The zero-order chi connectivity index (χ0) is 15.5. The third kappa shape index (κ3) is 4.90. The molecule has 0 amide bonds. The highest BCUT2D eigenvalue weighted by atomic mass is 127. The number of carbonyl (C=O) groups is 1. The van der Waals surface area contributed by atoms with E-state index in [2.05, 4.69) is 74.8 Å². The highest BCUT2D eigenvalue weighted by molar-refractivity contribution is 14.1. The minimum atomic E-state index is -0.189. The fourth-order valence-electron chi connectivity index (χ4n) is 2.64. The Morgan fingerprint density at radius 1 is 1.14 bits per heavy atom. The summed E-state index contributed by atoms with van der Waals surface area (Å²) >= 11 is 6.68. The average molecular weight is 626 g/mol. The second-order valence-electron chi connectivity index (χ2n) is 5.71. The Balaban J connectivity index is 1.95. The molecule has 1 fully saturated rings. The van der Waals surface area contributed by atoms with E-state index in [1.54, 1.807) is 0 Å². The molecule has 0 bridgehead atoms. The van der Waals surface area contributed by atoms with Gasteiger partial charge in [0, 0.05) is 10.7 Å². The Morgan fingerprint density at radius 2 is 1.76 bits per heavy atom. The number of carbonyl (C=O) groups excluding carboxylic acids is 1. The Bertz CT molecular complexity index is 528. The van der Waals surface area contributed by atoms with Crippen LogP contribution in [0.3, 0.4) is 0 Å². The summed E-state index contributed by atoms with van der Waals surface area (Å²) in [5, 5.41) is 0. The maximum Gasteiger partial charge on any atom is 0.340 e. The van der Waals surface area contributed by atoms with E-state index in [0.29, 0.717) is 12.2 Å². The lowest BCUT2D eigenvalue weighted by Gasteiger charge is -2.37. The Labute approximate surface area is 167 Å². The smallest absolute Gasteiger partial charge is 0.340 e. The standard InChI is InChI=1S/C15H19I3NO2/c1-19(7-3-2-4-8-19)9-10-21-15(20)13-11(16)5-6-12(17)14(13)18/h5-6H,2-4,7-10H2,1H3/q+1. The molecule has 0 aliphatic carbocycles. The molecule has 0 aromatic heterocycles. The van der Waals surface area contributed by atoms with Crippen LogP contribution < -0.4 is 0 Å². The Hall–Kier alpha value is 0.840. The number of ether oxygens (including phenoxy) is 1. The van der Waals surface area contributed by atoms with Gasteiger partial charge in [0.25, 0.3) is 0 Å². The van der Waals surface area contributed by atoms with E-state index in [4.69, 9.17) is 4.74 Å². The van der Waals surface area contributed by atoms with Gasteiger partial charge in [-0.2, -0.15) is 0 Å². The van der Waals surface area contributed by atoms with E-state index in [1.807, 2.05) is 12.1 Å². The first-order valence-corrected chi connectivity index (χ1v) is 10.3. The summed E-state index contributed by atoms with van der Waals surface area (Å²) in [7, 11) is 2.27. The number of likely N-dealkylation sites (N-methyl/N-ethyl adjacent to an activating group) is 1. The first kappa shape index (κ1) is 18.2. The molecule has 1 aliphatic heterocycles. The van der Waals surface area contributed by atoms with Crippen LogP contribution in [0.2, 0.25) is 0 Å². The topological polar surface area (TPSA) is 26.3 Å². The highest BCUT2D eigenvalue weighted by Crippen LogP contribution is 2.25. The highest BCUT2D eigenvalue weighted by Gasteiger charge is 2.25. The van der Waals surface area contributed by atoms with Gasteiger partial charge in [-0.15, -0.1) is 0 Å². The molecule has 2 rings (SSSR count). The maximum atomic E-state index is 12.3. The van der Waals surface area contributed by atoms with Crippen LogP contribution in [0.4, 0.5) is 0 Å². The number of halogens is 3. The van der Waals surface area contributed by atoms with Gasteiger partial charge in [0.15, 0.2) is 0 Å². The van der Waals surface area contributed by atoms with E-state index in [9.17, 15) is 4.79 Å². The molecule has 0 unspecified atom stereocenters. The summed E-state index contributed by atoms with van der Waals surface area (Å²) in [6.07, 6.45) is 3.92. The van der Waals surface area contributed by atoms with Crippen molar-refractivity contribution in [2.24, 2.45) is 0 Å². The molecule has 1 aromatic rings. The average Bonchev–Trinajstić information content (AvgIpc) is 2.44. The predicted octanol–water partition coefficient (Wildman–Crippen LogP) is 4.29. The summed E-state index contributed by atoms with van der Waals surface area (Å²) < 4.78 is 9.62. The number of nitrogens with zero attached hydrogens (tertiary/aromatic N) is 1. The van der Waals surface area contributed by atoms with E-state index in [-0.39, 0.29) is 5.97 Å². The molecule has 1 aliphatic rings. The van der Waals surface area contributed by atoms with Gasteiger partial charge in [0.2, 0.25) is 0 Å². The van der Waals surface area contributed by atoms with Crippen LogP contribution in [-0.4, -0.2) is 43.7 Å². The van der Waals surface area contributed by atoms with Crippen LogP contribution in [0, 0.1) is 10.7 Å². The molecule has 1 aromatic carbocycles. The zero-order valence-corrected chi connectivity index (χ0v) is 18.5. The lowest BCUT2D eigenvalue weighted by Crippen LogP contribution is -2.49. The van der Waals surface area contributed by atoms with E-state index in [0.717, 1.165) is 21.7 Å². The molecule has 116 valence electrons. The van der Waals surface area contributed by atoms with Crippen molar-refractivity contribution in [3.8, 4) is 0 Å².